The molecule has 0 aliphatic rings. The fourth-order valence-corrected chi connectivity index (χ4v) is 7.71. The van der Waals surface area contributed by atoms with Gasteiger partial charge in [0.1, 0.15) is 28.1 Å². The van der Waals surface area contributed by atoms with Crippen molar-refractivity contribution in [2.45, 2.75) is 0 Å². The Morgan fingerprint density at radius 3 is 1.86 bits per heavy atom. The largest absolute Gasteiger partial charge is 0.455 e. The SMILES string of the molecule is c1ccc(-c2cccc(-c3cc(-n4c5ccccc5c5c6oc7ccccc7c6ccc54)nc(-c4cccc5c4oc4ccccc45)n3)c2)cc1. The van der Waals surface area contributed by atoms with E-state index in [1.165, 1.54) is 0 Å². The quantitative estimate of drug-likeness (QED) is 0.190. The van der Waals surface area contributed by atoms with Gasteiger partial charge in [0.15, 0.2) is 5.82 Å². The van der Waals surface area contributed by atoms with Gasteiger partial charge in [-0.2, -0.15) is 0 Å². The summed E-state index contributed by atoms with van der Waals surface area (Å²) in [6, 6.07) is 56.5. The molecule has 0 aliphatic heterocycles. The molecule has 0 atom stereocenters. The van der Waals surface area contributed by atoms with Crippen LogP contribution < -0.4 is 0 Å². The third-order valence-electron chi connectivity index (χ3n) is 10.0. The maximum Gasteiger partial charge on any atom is 0.165 e. The molecule has 0 saturated carbocycles. The number of nitrogens with zero attached hydrogens (tertiary/aromatic N) is 3. The molecule has 0 bridgehead atoms. The van der Waals surface area contributed by atoms with E-state index in [2.05, 4.69) is 132 Å². The molecule has 51 heavy (non-hydrogen) atoms. The molecule has 7 aromatic carbocycles. The number of furan rings is 2. The molecule has 0 unspecified atom stereocenters. The molecular weight excluding hydrogens is 627 g/mol. The van der Waals surface area contributed by atoms with Gasteiger partial charge < -0.3 is 8.83 Å². The molecule has 0 amide bonds. The van der Waals surface area contributed by atoms with Crippen LogP contribution in [0.5, 0.6) is 0 Å². The Hall–Kier alpha value is -6.98. The second kappa shape index (κ2) is 10.8. The number of benzene rings is 7. The van der Waals surface area contributed by atoms with E-state index < -0.39 is 0 Å². The predicted octanol–water partition coefficient (Wildman–Crippen LogP) is 12.4. The van der Waals surface area contributed by atoms with E-state index in [-0.39, 0.29) is 0 Å². The van der Waals surface area contributed by atoms with E-state index in [0.717, 1.165) is 99.4 Å². The van der Waals surface area contributed by atoms with E-state index >= 15 is 0 Å². The van der Waals surface area contributed by atoms with Crippen molar-refractivity contribution in [2.75, 3.05) is 0 Å². The minimum atomic E-state index is 0.591. The summed E-state index contributed by atoms with van der Waals surface area (Å²) < 4.78 is 15.3. The number of hydrogen-bond donors (Lipinski definition) is 0. The number of rotatable bonds is 4. The standard InChI is InChI=1S/C46H27N3O2/c1-2-12-28(13-3-1)29-14-10-15-30(26-29)37-27-42(48-46(47-37)36-20-11-19-33-31-16-5-8-22-40(31)50-44(33)36)49-38-21-7-4-18-35(38)43-39(49)25-24-34-32-17-6-9-23-41(32)51-45(34)43/h1-27H. The Labute approximate surface area is 291 Å². The summed E-state index contributed by atoms with van der Waals surface area (Å²) in [5.74, 6) is 1.35. The van der Waals surface area contributed by atoms with Crippen LogP contribution in [0.4, 0.5) is 0 Å². The van der Waals surface area contributed by atoms with Gasteiger partial charge in [0.25, 0.3) is 0 Å². The maximum atomic E-state index is 6.58. The van der Waals surface area contributed by atoms with E-state index in [1.54, 1.807) is 0 Å². The van der Waals surface area contributed by atoms with Gasteiger partial charge in [-0.05, 0) is 53.6 Å². The lowest BCUT2D eigenvalue weighted by atomic mass is 10.0. The highest BCUT2D eigenvalue weighted by molar-refractivity contribution is 6.23. The maximum absolute atomic E-state index is 6.58. The smallest absolute Gasteiger partial charge is 0.165 e. The molecule has 0 radical (unpaired) electrons. The van der Waals surface area contributed by atoms with E-state index in [4.69, 9.17) is 18.8 Å². The summed E-state index contributed by atoms with van der Waals surface area (Å²) in [6.45, 7) is 0. The monoisotopic (exact) mass is 653 g/mol. The molecule has 0 fully saturated rings. The minimum Gasteiger partial charge on any atom is -0.455 e. The molecule has 238 valence electrons. The number of aromatic nitrogens is 3. The summed E-state index contributed by atoms with van der Waals surface area (Å²) in [7, 11) is 0. The van der Waals surface area contributed by atoms with E-state index in [1.807, 2.05) is 36.4 Å². The highest BCUT2D eigenvalue weighted by atomic mass is 16.3. The van der Waals surface area contributed by atoms with Crippen LogP contribution in [0.2, 0.25) is 0 Å². The highest BCUT2D eigenvalue weighted by Crippen LogP contribution is 2.41. The number of para-hydroxylation sites is 4. The molecule has 11 aromatic rings. The van der Waals surface area contributed by atoms with Gasteiger partial charge in [0.05, 0.1) is 27.7 Å². The van der Waals surface area contributed by atoms with Crippen LogP contribution in [-0.4, -0.2) is 14.5 Å². The Morgan fingerprint density at radius 2 is 1.04 bits per heavy atom. The second-order valence-corrected chi connectivity index (χ2v) is 12.9. The summed E-state index contributed by atoms with van der Waals surface area (Å²) in [5, 5.41) is 6.47. The first-order valence-electron chi connectivity index (χ1n) is 17.1. The van der Waals surface area contributed by atoms with Crippen LogP contribution in [0.3, 0.4) is 0 Å². The lowest BCUT2D eigenvalue weighted by Gasteiger charge is -2.13. The Morgan fingerprint density at radius 1 is 0.412 bits per heavy atom. The van der Waals surface area contributed by atoms with Gasteiger partial charge in [-0.15, -0.1) is 0 Å². The Bertz CT molecular complexity index is 3150. The van der Waals surface area contributed by atoms with Crippen molar-refractivity contribution in [1.82, 2.24) is 14.5 Å². The molecule has 0 aliphatic carbocycles. The fraction of sp³-hybridized carbons (Fsp3) is 0. The third-order valence-corrected chi connectivity index (χ3v) is 10.0. The van der Waals surface area contributed by atoms with Gasteiger partial charge in [0.2, 0.25) is 0 Å². The molecule has 0 N–H and O–H groups in total. The molecule has 0 spiro atoms. The zero-order valence-corrected chi connectivity index (χ0v) is 27.2. The average Bonchev–Trinajstić information content (AvgIpc) is 3.88. The number of fused-ring (bicyclic) bond motifs is 10. The third kappa shape index (κ3) is 4.22. The van der Waals surface area contributed by atoms with Gasteiger partial charge in [-0.3, -0.25) is 4.57 Å². The first kappa shape index (κ1) is 27.9. The average molecular weight is 654 g/mol. The fourth-order valence-electron chi connectivity index (χ4n) is 7.71. The highest BCUT2D eigenvalue weighted by Gasteiger charge is 2.22. The summed E-state index contributed by atoms with van der Waals surface area (Å²) >= 11 is 0. The van der Waals surface area contributed by atoms with Gasteiger partial charge in [-0.1, -0.05) is 115 Å². The molecular formula is C46H27N3O2. The zero-order chi connectivity index (χ0) is 33.5. The first-order chi connectivity index (χ1) is 25.3. The van der Waals surface area contributed by atoms with Crippen LogP contribution in [0, 0.1) is 0 Å². The summed E-state index contributed by atoms with van der Waals surface area (Å²) in [6.07, 6.45) is 0. The lowest BCUT2D eigenvalue weighted by Crippen LogP contribution is -2.02. The minimum absolute atomic E-state index is 0.591. The van der Waals surface area contributed by atoms with Gasteiger partial charge >= 0.3 is 0 Å². The topological polar surface area (TPSA) is 57.0 Å². The molecule has 0 saturated heterocycles. The van der Waals surface area contributed by atoms with Crippen LogP contribution in [-0.2, 0) is 0 Å². The van der Waals surface area contributed by atoms with Gasteiger partial charge in [0, 0.05) is 38.6 Å². The van der Waals surface area contributed by atoms with Crippen LogP contribution in [0.1, 0.15) is 0 Å². The predicted molar refractivity (Wildman–Crippen MR) is 207 cm³/mol. The van der Waals surface area contributed by atoms with Crippen molar-refractivity contribution in [1.29, 1.82) is 0 Å². The first-order valence-corrected chi connectivity index (χ1v) is 17.1. The Kier molecular flexibility index (Phi) is 5.89. The van der Waals surface area contributed by atoms with Crippen molar-refractivity contribution in [3.05, 3.63) is 164 Å². The van der Waals surface area contributed by atoms with Crippen molar-refractivity contribution < 1.29 is 8.83 Å². The Balaban J connectivity index is 1.22. The van der Waals surface area contributed by atoms with E-state index in [9.17, 15) is 0 Å². The molecule has 4 heterocycles. The van der Waals surface area contributed by atoms with Crippen molar-refractivity contribution >= 4 is 65.7 Å². The van der Waals surface area contributed by atoms with Crippen LogP contribution in [0.15, 0.2) is 173 Å². The van der Waals surface area contributed by atoms with Crippen molar-refractivity contribution in [2.24, 2.45) is 0 Å². The second-order valence-electron chi connectivity index (χ2n) is 12.9. The summed E-state index contributed by atoms with van der Waals surface area (Å²) in [5.41, 5.74) is 10.3. The van der Waals surface area contributed by atoms with Crippen LogP contribution >= 0.6 is 0 Å². The van der Waals surface area contributed by atoms with Crippen molar-refractivity contribution in [3.8, 4) is 39.6 Å². The molecule has 5 nitrogen and oxygen atoms in total. The van der Waals surface area contributed by atoms with E-state index in [0.29, 0.717) is 5.82 Å². The molecule has 4 aromatic heterocycles. The zero-order valence-electron chi connectivity index (χ0n) is 27.2. The number of hydrogen-bond acceptors (Lipinski definition) is 4. The normalized spacial score (nSPS) is 11.9. The summed E-state index contributed by atoms with van der Waals surface area (Å²) in [4.78, 5) is 10.6. The van der Waals surface area contributed by atoms with Crippen LogP contribution in [0.25, 0.3) is 105 Å². The lowest BCUT2D eigenvalue weighted by molar-refractivity contribution is 0.669. The molecule has 11 rings (SSSR count). The van der Waals surface area contributed by atoms with Crippen molar-refractivity contribution in [3.63, 3.8) is 0 Å². The molecule has 5 heteroatoms. The van der Waals surface area contributed by atoms with Gasteiger partial charge in [-0.25, -0.2) is 9.97 Å².